The van der Waals surface area contributed by atoms with Crippen molar-refractivity contribution in [2.75, 3.05) is 19.7 Å². The van der Waals surface area contributed by atoms with Crippen LogP contribution in [0.4, 0.5) is 35.1 Å². The molecule has 0 bridgehead atoms. The first-order chi connectivity index (χ1) is 13.5. The predicted molar refractivity (Wildman–Crippen MR) is 91.7 cm³/mol. The normalized spacial score (nSPS) is 14.8. The molecule has 0 aliphatic heterocycles. The Bertz CT molecular complexity index is 619. The van der Waals surface area contributed by atoms with Crippen molar-refractivity contribution in [3.63, 3.8) is 0 Å². The summed E-state index contributed by atoms with van der Waals surface area (Å²) in [5, 5.41) is -4.65. The number of ether oxygens (including phenoxy) is 2. The lowest BCUT2D eigenvalue weighted by atomic mass is 10.1. The molecule has 0 rings (SSSR count). The number of esters is 1. The number of likely N-dealkylation sites (N-methyl/N-ethyl adjacent to an activating group) is 1. The zero-order chi connectivity index (χ0) is 24.0. The number of hydrogen-bond acceptors (Lipinski definition) is 5. The van der Waals surface area contributed by atoms with Crippen molar-refractivity contribution in [2.45, 2.75) is 56.3 Å². The molecule has 0 saturated carbocycles. The maximum Gasteiger partial charge on any atom is 0.466 e. The zero-order valence-corrected chi connectivity index (χ0v) is 16.9. The maximum atomic E-state index is 13.7. The number of hydrogen-bond donors (Lipinski definition) is 1. The lowest BCUT2D eigenvalue weighted by Gasteiger charge is -2.36. The van der Waals surface area contributed by atoms with E-state index in [1.807, 2.05) is 0 Å². The molecule has 0 heterocycles. The van der Waals surface area contributed by atoms with Gasteiger partial charge in [-0.3, -0.25) is 4.79 Å². The third kappa shape index (κ3) is 7.00. The van der Waals surface area contributed by atoms with Crippen LogP contribution in [0.15, 0.2) is 12.4 Å². The van der Waals surface area contributed by atoms with Gasteiger partial charge in [-0.05, 0) is 26.7 Å². The highest BCUT2D eigenvalue weighted by molar-refractivity contribution is 7.81. The predicted octanol–water partition coefficient (Wildman–Crippen LogP) is 4.48. The molecule has 0 fully saturated rings. The first-order valence-corrected chi connectivity index (χ1v) is 8.97. The van der Waals surface area contributed by atoms with Crippen LogP contribution in [0.3, 0.4) is 0 Å². The number of nitrogens with zero attached hydrogens (tertiary/aromatic N) is 1. The van der Waals surface area contributed by atoms with Gasteiger partial charge in [0.2, 0.25) is 5.83 Å². The lowest BCUT2D eigenvalue weighted by Crippen LogP contribution is -2.62. The Balaban J connectivity index is 5.60. The third-order valence-electron chi connectivity index (χ3n) is 3.79. The smallest absolute Gasteiger partial charge is 0.410 e. The second-order valence-electron chi connectivity index (χ2n) is 5.94. The average molecular weight is 475 g/mol. The zero-order valence-electron chi connectivity index (χ0n) is 16.0. The largest absolute Gasteiger partial charge is 0.466 e. The van der Waals surface area contributed by atoms with Crippen LogP contribution in [0.2, 0.25) is 0 Å². The van der Waals surface area contributed by atoms with Crippen LogP contribution in [-0.4, -0.2) is 59.6 Å². The molecule has 5 nitrogen and oxygen atoms in total. The highest BCUT2D eigenvalue weighted by atomic mass is 32.1. The number of rotatable bonds is 12. The lowest BCUT2D eigenvalue weighted by molar-refractivity contribution is -0.350. The molecule has 0 aliphatic rings. The molecule has 0 aliphatic carbocycles. The fourth-order valence-electron chi connectivity index (χ4n) is 2.12. The number of halogens is 8. The molecule has 1 atom stereocenters. The molecule has 176 valence electrons. The minimum absolute atomic E-state index is 0.270. The van der Waals surface area contributed by atoms with Crippen LogP contribution >= 0.6 is 12.6 Å². The summed E-state index contributed by atoms with van der Waals surface area (Å²) in [7, 11) is 0. The Labute approximate surface area is 172 Å². The van der Waals surface area contributed by atoms with Gasteiger partial charge in [-0.25, -0.2) is 4.79 Å². The minimum atomic E-state index is -5.69. The van der Waals surface area contributed by atoms with Gasteiger partial charge in [0.05, 0.1) is 6.61 Å². The van der Waals surface area contributed by atoms with Crippen LogP contribution in [0, 0.1) is 0 Å². The van der Waals surface area contributed by atoms with E-state index in [2.05, 4.69) is 28.7 Å². The number of carbonyl (C=O) groups excluding carboxylic acids is 2. The molecule has 1 amide bonds. The summed E-state index contributed by atoms with van der Waals surface area (Å²) in [6.07, 6.45) is -8.55. The number of unbranched alkanes of at least 4 members (excludes halogenated alkanes) is 1. The average Bonchev–Trinajstić information content (AvgIpc) is 2.58. The molecule has 14 heteroatoms. The first kappa shape index (κ1) is 28.4. The van der Waals surface area contributed by atoms with E-state index in [0.717, 1.165) is 0 Å². The van der Waals surface area contributed by atoms with E-state index in [1.165, 1.54) is 13.8 Å². The highest BCUT2D eigenvalue weighted by Crippen LogP contribution is 2.41. The molecule has 0 aromatic carbocycles. The van der Waals surface area contributed by atoms with Gasteiger partial charge in [0, 0.05) is 19.5 Å². The van der Waals surface area contributed by atoms with E-state index >= 15 is 0 Å². The molecule has 1 unspecified atom stereocenters. The Hall–Kier alpha value is -1.57. The summed E-state index contributed by atoms with van der Waals surface area (Å²) in [6, 6.07) is 0. The quantitative estimate of drug-likeness (QED) is 0.113. The van der Waals surface area contributed by atoms with Crippen molar-refractivity contribution in [3.8, 4) is 0 Å². The van der Waals surface area contributed by atoms with Gasteiger partial charge in [0.25, 0.3) is 0 Å². The second kappa shape index (κ2) is 10.6. The van der Waals surface area contributed by atoms with E-state index in [1.54, 1.807) is 0 Å². The Morgan fingerprint density at radius 3 is 1.87 bits per heavy atom. The molecule has 30 heavy (non-hydrogen) atoms. The molecule has 0 radical (unpaired) electrons. The maximum absolute atomic E-state index is 13.7. The number of alkyl halides is 7. The van der Waals surface area contributed by atoms with Crippen LogP contribution in [0.25, 0.3) is 0 Å². The Kier molecular flexibility index (Phi) is 10.1. The standard InChI is InChI=1S/C16H21F8NO4S/c1-4-25(5-2)12(27)14(15(20,21)22,29-11(26)10(3)17)28-9-7-6-8-13(18,19)16(23,24)30/h30H,3-9H2,1-2H3. The van der Waals surface area contributed by atoms with Crippen LogP contribution in [0.1, 0.15) is 33.1 Å². The van der Waals surface area contributed by atoms with E-state index < -0.39 is 66.7 Å². The molecular formula is C16H21F8NO4S. The third-order valence-corrected chi connectivity index (χ3v) is 4.12. The molecule has 0 aromatic rings. The van der Waals surface area contributed by atoms with Gasteiger partial charge >= 0.3 is 35.0 Å². The van der Waals surface area contributed by atoms with Gasteiger partial charge in [-0.15, -0.1) is 0 Å². The number of amides is 1. The fraction of sp³-hybridized carbons (Fsp3) is 0.750. The Morgan fingerprint density at radius 2 is 1.50 bits per heavy atom. The van der Waals surface area contributed by atoms with Gasteiger partial charge in [-0.2, -0.15) is 35.1 Å². The summed E-state index contributed by atoms with van der Waals surface area (Å²) in [6.45, 7) is 3.44. The monoisotopic (exact) mass is 475 g/mol. The van der Waals surface area contributed by atoms with Gasteiger partial charge < -0.3 is 14.4 Å². The van der Waals surface area contributed by atoms with Crippen molar-refractivity contribution in [1.82, 2.24) is 4.90 Å². The summed E-state index contributed by atoms with van der Waals surface area (Å²) in [5.41, 5.74) is 0. The summed E-state index contributed by atoms with van der Waals surface area (Å²) in [5.74, 6) is -14.9. The summed E-state index contributed by atoms with van der Waals surface area (Å²) < 4.78 is 114. The van der Waals surface area contributed by atoms with E-state index in [4.69, 9.17) is 0 Å². The van der Waals surface area contributed by atoms with Crippen LogP contribution in [-0.2, 0) is 19.1 Å². The van der Waals surface area contributed by atoms with Crippen LogP contribution < -0.4 is 0 Å². The molecule has 0 saturated heterocycles. The van der Waals surface area contributed by atoms with Gasteiger partial charge in [0.1, 0.15) is 0 Å². The molecule has 0 N–H and O–H groups in total. The SMILES string of the molecule is C=C(F)C(=O)OC(OCCCCC(F)(F)C(F)(F)S)(C(=O)N(CC)CC)C(F)(F)F. The van der Waals surface area contributed by atoms with Crippen molar-refractivity contribution in [1.29, 1.82) is 0 Å². The minimum Gasteiger partial charge on any atom is -0.410 e. The molecule has 0 spiro atoms. The van der Waals surface area contributed by atoms with Gasteiger partial charge in [-0.1, -0.05) is 19.2 Å². The fourth-order valence-corrected chi connectivity index (χ4v) is 2.23. The van der Waals surface area contributed by atoms with Crippen LogP contribution in [0.5, 0.6) is 0 Å². The molecule has 0 aromatic heterocycles. The molecular weight excluding hydrogens is 454 g/mol. The van der Waals surface area contributed by atoms with Crippen molar-refractivity contribution in [2.24, 2.45) is 0 Å². The van der Waals surface area contributed by atoms with Crippen molar-refractivity contribution in [3.05, 3.63) is 12.4 Å². The number of carbonyl (C=O) groups is 2. The summed E-state index contributed by atoms with van der Waals surface area (Å²) in [4.78, 5) is 24.4. The number of thiol groups is 1. The topological polar surface area (TPSA) is 55.8 Å². The van der Waals surface area contributed by atoms with Crippen molar-refractivity contribution < 1.29 is 54.2 Å². The van der Waals surface area contributed by atoms with E-state index in [9.17, 15) is 44.7 Å². The van der Waals surface area contributed by atoms with Gasteiger partial charge in [0.15, 0.2) is 0 Å². The summed E-state index contributed by atoms with van der Waals surface area (Å²) >= 11 is 2.46. The van der Waals surface area contributed by atoms with Crippen molar-refractivity contribution >= 4 is 24.5 Å². The first-order valence-electron chi connectivity index (χ1n) is 8.52. The second-order valence-corrected chi connectivity index (χ2v) is 6.50. The Morgan fingerprint density at radius 1 is 1.00 bits per heavy atom. The van der Waals surface area contributed by atoms with E-state index in [0.29, 0.717) is 4.90 Å². The van der Waals surface area contributed by atoms with E-state index in [-0.39, 0.29) is 13.1 Å². The highest BCUT2D eigenvalue weighted by Gasteiger charge is 2.67.